The van der Waals surface area contributed by atoms with E-state index in [1.165, 1.54) is 16.8 Å². The molecule has 3 nitrogen and oxygen atoms in total. The molecule has 1 aromatic heterocycles. The van der Waals surface area contributed by atoms with E-state index in [1.54, 1.807) is 0 Å². The molecule has 1 aromatic carbocycles. The summed E-state index contributed by atoms with van der Waals surface area (Å²) in [6, 6.07) is 9.81. The number of benzene rings is 1. The van der Waals surface area contributed by atoms with Gasteiger partial charge in [0.05, 0.1) is 23.9 Å². The van der Waals surface area contributed by atoms with E-state index in [0.717, 1.165) is 18.7 Å². The Labute approximate surface area is 108 Å². The maximum Gasteiger partial charge on any atom is 0.0991 e. The Balaban J connectivity index is 2.28. The van der Waals surface area contributed by atoms with Gasteiger partial charge in [0.1, 0.15) is 0 Å². The highest BCUT2D eigenvalue weighted by Crippen LogP contribution is 2.15. The van der Waals surface area contributed by atoms with Gasteiger partial charge in [-0.15, -0.1) is 0 Å². The second-order valence-electron chi connectivity index (χ2n) is 4.48. The Bertz CT molecular complexity index is 585. The van der Waals surface area contributed by atoms with E-state index in [9.17, 15) is 0 Å². The van der Waals surface area contributed by atoms with Gasteiger partial charge in [-0.3, -0.25) is 4.68 Å². The molecule has 0 amide bonds. The molecule has 0 N–H and O–H groups in total. The number of hydrogen-bond donors (Lipinski definition) is 0. The minimum absolute atomic E-state index is 0.697. The first-order valence-corrected chi connectivity index (χ1v) is 6.17. The van der Waals surface area contributed by atoms with Crippen LogP contribution < -0.4 is 0 Å². The lowest BCUT2D eigenvalue weighted by Crippen LogP contribution is -2.06. The van der Waals surface area contributed by atoms with Crippen molar-refractivity contribution >= 4 is 0 Å². The minimum Gasteiger partial charge on any atom is -0.265 e. The first-order chi connectivity index (χ1) is 8.65. The van der Waals surface area contributed by atoms with Crippen LogP contribution in [0.3, 0.4) is 0 Å². The summed E-state index contributed by atoms with van der Waals surface area (Å²) in [6.45, 7) is 7.09. The van der Waals surface area contributed by atoms with Crippen LogP contribution >= 0.6 is 0 Å². The van der Waals surface area contributed by atoms with Gasteiger partial charge in [0.25, 0.3) is 0 Å². The van der Waals surface area contributed by atoms with E-state index < -0.39 is 0 Å². The molecule has 0 saturated carbocycles. The average Bonchev–Trinajstić information content (AvgIpc) is 2.65. The van der Waals surface area contributed by atoms with Crippen molar-refractivity contribution < 1.29 is 0 Å². The van der Waals surface area contributed by atoms with Crippen LogP contribution in [-0.4, -0.2) is 9.78 Å². The lowest BCUT2D eigenvalue weighted by atomic mass is 10.1. The highest BCUT2D eigenvalue weighted by molar-refractivity contribution is 5.32. The van der Waals surface area contributed by atoms with Crippen LogP contribution in [0.15, 0.2) is 24.3 Å². The molecule has 2 rings (SSSR count). The van der Waals surface area contributed by atoms with Crippen molar-refractivity contribution in [1.29, 1.82) is 5.26 Å². The second kappa shape index (κ2) is 5.05. The van der Waals surface area contributed by atoms with E-state index in [2.05, 4.69) is 29.7 Å². The fourth-order valence-electron chi connectivity index (χ4n) is 2.15. The minimum atomic E-state index is 0.697. The Morgan fingerprint density at radius 1 is 1.22 bits per heavy atom. The molecule has 18 heavy (non-hydrogen) atoms. The van der Waals surface area contributed by atoms with Crippen LogP contribution in [0, 0.1) is 25.2 Å². The Morgan fingerprint density at radius 2 is 1.89 bits per heavy atom. The van der Waals surface area contributed by atoms with Gasteiger partial charge in [-0.1, -0.05) is 19.1 Å². The topological polar surface area (TPSA) is 41.6 Å². The standard InChI is InChI=1S/C15H17N3/c1-4-15-11(2)12(3)17-18(15)10-14-7-5-13(9-16)6-8-14/h5-8H,4,10H2,1-3H3. The smallest absolute Gasteiger partial charge is 0.0991 e. The molecule has 0 radical (unpaired) electrons. The van der Waals surface area contributed by atoms with Crippen molar-refractivity contribution in [2.24, 2.45) is 0 Å². The van der Waals surface area contributed by atoms with E-state index in [0.29, 0.717) is 5.56 Å². The molecule has 0 fully saturated rings. The maximum absolute atomic E-state index is 8.77. The molecule has 0 saturated heterocycles. The zero-order chi connectivity index (χ0) is 13.1. The summed E-state index contributed by atoms with van der Waals surface area (Å²) in [6.07, 6.45) is 0.989. The van der Waals surface area contributed by atoms with Gasteiger partial charge in [0.15, 0.2) is 0 Å². The summed E-state index contributed by atoms with van der Waals surface area (Å²) >= 11 is 0. The van der Waals surface area contributed by atoms with E-state index in [-0.39, 0.29) is 0 Å². The fourth-order valence-corrected chi connectivity index (χ4v) is 2.15. The van der Waals surface area contributed by atoms with Gasteiger partial charge in [0.2, 0.25) is 0 Å². The predicted molar refractivity (Wildman–Crippen MR) is 71.3 cm³/mol. The van der Waals surface area contributed by atoms with Crippen molar-refractivity contribution in [2.75, 3.05) is 0 Å². The number of hydrogen-bond acceptors (Lipinski definition) is 2. The van der Waals surface area contributed by atoms with Crippen molar-refractivity contribution in [3.8, 4) is 6.07 Å². The fraction of sp³-hybridized carbons (Fsp3) is 0.333. The number of nitriles is 1. The zero-order valence-corrected chi connectivity index (χ0v) is 11.1. The first-order valence-electron chi connectivity index (χ1n) is 6.17. The second-order valence-corrected chi connectivity index (χ2v) is 4.48. The molecule has 2 aromatic rings. The van der Waals surface area contributed by atoms with Crippen LogP contribution in [0.5, 0.6) is 0 Å². The van der Waals surface area contributed by atoms with Crippen LogP contribution in [0.2, 0.25) is 0 Å². The van der Waals surface area contributed by atoms with Crippen molar-refractivity contribution in [1.82, 2.24) is 9.78 Å². The molecule has 92 valence electrons. The summed E-state index contributed by atoms with van der Waals surface area (Å²) in [5, 5.41) is 13.3. The van der Waals surface area contributed by atoms with E-state index in [1.807, 2.05) is 31.2 Å². The third-order valence-corrected chi connectivity index (χ3v) is 3.31. The molecule has 0 aliphatic carbocycles. The molecule has 0 atom stereocenters. The van der Waals surface area contributed by atoms with Gasteiger partial charge < -0.3 is 0 Å². The van der Waals surface area contributed by atoms with E-state index >= 15 is 0 Å². The zero-order valence-electron chi connectivity index (χ0n) is 11.1. The number of aromatic nitrogens is 2. The lowest BCUT2D eigenvalue weighted by Gasteiger charge is -2.06. The van der Waals surface area contributed by atoms with Gasteiger partial charge in [0, 0.05) is 5.69 Å². The summed E-state index contributed by atoms with van der Waals surface area (Å²) in [5.74, 6) is 0. The Morgan fingerprint density at radius 3 is 2.44 bits per heavy atom. The van der Waals surface area contributed by atoms with Crippen LogP contribution in [-0.2, 0) is 13.0 Å². The maximum atomic E-state index is 8.77. The quantitative estimate of drug-likeness (QED) is 0.826. The van der Waals surface area contributed by atoms with Gasteiger partial charge in [-0.25, -0.2) is 0 Å². The molecule has 0 unspecified atom stereocenters. The molecule has 0 bridgehead atoms. The summed E-state index contributed by atoms with van der Waals surface area (Å²) in [5.41, 5.74) is 5.54. The average molecular weight is 239 g/mol. The molecule has 0 spiro atoms. The normalized spacial score (nSPS) is 10.3. The monoisotopic (exact) mass is 239 g/mol. The molecular weight excluding hydrogens is 222 g/mol. The first kappa shape index (κ1) is 12.4. The summed E-state index contributed by atoms with van der Waals surface area (Å²) in [7, 11) is 0. The van der Waals surface area contributed by atoms with Crippen LogP contribution in [0.25, 0.3) is 0 Å². The van der Waals surface area contributed by atoms with Crippen LogP contribution in [0.4, 0.5) is 0 Å². The van der Waals surface area contributed by atoms with Crippen molar-refractivity contribution in [3.05, 3.63) is 52.3 Å². The third-order valence-electron chi connectivity index (χ3n) is 3.31. The molecule has 0 aliphatic rings. The van der Waals surface area contributed by atoms with Gasteiger partial charge >= 0.3 is 0 Å². The lowest BCUT2D eigenvalue weighted by molar-refractivity contribution is 0.643. The summed E-state index contributed by atoms with van der Waals surface area (Å²) < 4.78 is 2.06. The highest BCUT2D eigenvalue weighted by atomic mass is 15.3. The molecule has 0 aliphatic heterocycles. The predicted octanol–water partition coefficient (Wildman–Crippen LogP) is 2.98. The van der Waals surface area contributed by atoms with Gasteiger partial charge in [-0.05, 0) is 43.5 Å². The van der Waals surface area contributed by atoms with E-state index in [4.69, 9.17) is 5.26 Å². The van der Waals surface area contributed by atoms with Crippen molar-refractivity contribution in [3.63, 3.8) is 0 Å². The van der Waals surface area contributed by atoms with Gasteiger partial charge in [-0.2, -0.15) is 10.4 Å². The highest BCUT2D eigenvalue weighted by Gasteiger charge is 2.09. The SMILES string of the molecule is CCc1c(C)c(C)nn1Cc1ccc(C#N)cc1. The van der Waals surface area contributed by atoms with Crippen LogP contribution in [0.1, 0.15) is 35.0 Å². The number of rotatable bonds is 3. The molecule has 1 heterocycles. The summed E-state index contributed by atoms with van der Waals surface area (Å²) in [4.78, 5) is 0. The largest absolute Gasteiger partial charge is 0.265 e. The third kappa shape index (κ3) is 2.28. The Hall–Kier alpha value is -2.08. The molecule has 3 heteroatoms. The Kier molecular flexibility index (Phi) is 3.47. The molecular formula is C15H17N3. The number of aryl methyl sites for hydroxylation is 1. The number of nitrogens with zero attached hydrogens (tertiary/aromatic N) is 3. The van der Waals surface area contributed by atoms with Crippen molar-refractivity contribution in [2.45, 2.75) is 33.7 Å².